The van der Waals surface area contributed by atoms with E-state index in [2.05, 4.69) is 50.5 Å². The van der Waals surface area contributed by atoms with Gasteiger partial charge in [-0.05, 0) is 297 Å². The Labute approximate surface area is 732 Å². The van der Waals surface area contributed by atoms with Gasteiger partial charge in [0.25, 0.3) is 5.92 Å². The molecule has 4 heterocycles. The van der Waals surface area contributed by atoms with E-state index in [0.29, 0.717) is 105 Å². The van der Waals surface area contributed by atoms with Crippen LogP contribution in [0.5, 0.6) is 0 Å². The molecule has 0 atom stereocenters. The van der Waals surface area contributed by atoms with Crippen molar-refractivity contribution in [1.29, 1.82) is 0 Å². The van der Waals surface area contributed by atoms with Gasteiger partial charge in [0.15, 0.2) is 0 Å². The Morgan fingerprint density at radius 2 is 0.500 bits per heavy atom. The van der Waals surface area contributed by atoms with E-state index in [1.165, 1.54) is 106 Å². The Balaban J connectivity index is 0.000000161. The van der Waals surface area contributed by atoms with Gasteiger partial charge in [-0.25, -0.2) is 63.0 Å². The second kappa shape index (κ2) is 36.6. The smallest absolute Gasteiger partial charge is 0.343 e. The minimum atomic E-state index is -4.51. The zero-order valence-electron chi connectivity index (χ0n) is 75.4. The molecule has 0 spiro atoms. The molecule has 6 aliphatic carbocycles. The van der Waals surface area contributed by atoms with Crippen LogP contribution in [-0.2, 0) is 112 Å². The van der Waals surface area contributed by atoms with Crippen LogP contribution in [0.25, 0.3) is 45.0 Å². The summed E-state index contributed by atoms with van der Waals surface area (Å²) in [4.78, 5) is 0.269. The third kappa shape index (κ3) is 23.8. The van der Waals surface area contributed by atoms with Crippen LogP contribution < -0.4 is 20.6 Å². The summed E-state index contributed by atoms with van der Waals surface area (Å²) < 4.78 is 217. The van der Waals surface area contributed by atoms with Crippen LogP contribution in [0.2, 0.25) is 0 Å². The topological polar surface area (TPSA) is 260 Å². The molecule has 8 aromatic rings. The maximum absolute atomic E-state index is 14.3. The van der Waals surface area contributed by atoms with Crippen molar-refractivity contribution >= 4 is 40.1 Å². The van der Waals surface area contributed by atoms with E-state index in [1.807, 2.05) is 81.2 Å². The molecule has 0 radical (unpaired) electrons. The molecule has 16 nitrogen and oxygen atoms in total. The minimum absolute atomic E-state index is 0.0186. The average molecular weight is 1810 g/mol. The number of rotatable bonds is 19. The van der Waals surface area contributed by atoms with Gasteiger partial charge in [0.2, 0.25) is 40.1 Å². The summed E-state index contributed by atoms with van der Waals surface area (Å²) in [6.45, 7) is 33.1. The van der Waals surface area contributed by atoms with Gasteiger partial charge in [-0.2, -0.15) is 26.3 Å². The lowest BCUT2D eigenvalue weighted by atomic mass is 9.82. The first-order chi connectivity index (χ1) is 57.1. The maximum Gasteiger partial charge on any atom is 0.416 e. The largest absolute Gasteiger partial charge is 0.416 e. The third-order valence-electron chi connectivity index (χ3n) is 27.2. The molecule has 8 N–H and O–H groups in total. The second-order valence-electron chi connectivity index (χ2n) is 40.5. The van der Waals surface area contributed by atoms with Gasteiger partial charge in [-0.15, -0.1) is 0 Å². The number of hydrogen-bond donors (Lipinski definition) is 4. The number of sulfonamides is 4. The Morgan fingerprint density at radius 3 is 0.718 bits per heavy atom. The molecule has 0 bridgehead atoms. The van der Waals surface area contributed by atoms with Crippen LogP contribution in [0.3, 0.4) is 0 Å². The lowest BCUT2D eigenvalue weighted by Crippen LogP contribution is -2.18. The van der Waals surface area contributed by atoms with Crippen LogP contribution in [0, 0.1) is 51.4 Å². The lowest BCUT2D eigenvalue weighted by Gasteiger charge is -2.26. The van der Waals surface area contributed by atoms with Crippen molar-refractivity contribution in [2.24, 2.45) is 44.2 Å². The molecule has 0 amide bonds. The van der Waals surface area contributed by atoms with Gasteiger partial charge >= 0.3 is 12.4 Å². The quantitative estimate of drug-likeness (QED) is 0.0565. The highest BCUT2D eigenvalue weighted by molar-refractivity contribution is 7.90. The van der Waals surface area contributed by atoms with Crippen molar-refractivity contribution in [3.05, 3.63) is 164 Å². The van der Waals surface area contributed by atoms with Gasteiger partial charge in [0.05, 0.1) is 11.1 Å². The van der Waals surface area contributed by atoms with E-state index in [0.717, 1.165) is 138 Å². The number of primary sulfonamides is 4. The van der Waals surface area contributed by atoms with E-state index in [4.69, 9.17) is 20.6 Å². The molecule has 684 valence electrons. The first-order valence-corrected chi connectivity index (χ1v) is 50.4. The summed E-state index contributed by atoms with van der Waals surface area (Å²) >= 11 is 0. The van der Waals surface area contributed by atoms with E-state index < -0.39 is 74.9 Å². The fourth-order valence-electron chi connectivity index (χ4n) is 18.7. The van der Waals surface area contributed by atoms with Crippen molar-refractivity contribution < 1.29 is 68.8 Å². The molecule has 4 aromatic carbocycles. The number of alkyl halides is 8. The molecule has 0 saturated heterocycles. The summed E-state index contributed by atoms with van der Waals surface area (Å²) in [5.41, 5.74) is 9.61. The molecule has 0 unspecified atom stereocenters. The van der Waals surface area contributed by atoms with E-state index >= 15 is 0 Å². The van der Waals surface area contributed by atoms with Crippen molar-refractivity contribution in [2.75, 3.05) is 0 Å². The van der Waals surface area contributed by atoms with Crippen molar-refractivity contribution in [3.63, 3.8) is 0 Å². The Hall–Kier alpha value is -6.92. The van der Waals surface area contributed by atoms with E-state index in [9.17, 15) is 68.8 Å². The fraction of sp³-hybridized carbons (Fsp3) is 0.583. The first kappa shape index (κ1) is 97.7. The molecule has 124 heavy (non-hydrogen) atoms. The zero-order chi connectivity index (χ0) is 91.6. The number of nitrogens with zero attached hydrogens (tertiary/aromatic N) is 4. The summed E-state index contributed by atoms with van der Waals surface area (Å²) in [5, 5.41) is 22.0. The molecule has 6 aliphatic rings. The van der Waals surface area contributed by atoms with Gasteiger partial charge in [0.1, 0.15) is 19.6 Å². The predicted molar refractivity (Wildman–Crippen MR) is 479 cm³/mol. The second-order valence-corrected chi connectivity index (χ2v) is 46.6. The highest BCUT2D eigenvalue weighted by Gasteiger charge is 2.44. The van der Waals surface area contributed by atoms with Crippen LogP contribution in [-0.4, -0.2) is 51.9 Å². The minimum Gasteiger partial charge on any atom is -0.343 e. The number of aromatic nitrogens is 4. The van der Waals surface area contributed by atoms with Gasteiger partial charge in [-0.1, -0.05) is 159 Å². The van der Waals surface area contributed by atoms with Crippen molar-refractivity contribution in [1.82, 2.24) is 18.3 Å². The van der Waals surface area contributed by atoms with Gasteiger partial charge < -0.3 is 18.3 Å². The summed E-state index contributed by atoms with van der Waals surface area (Å²) in [6.07, 6.45) is 18.1. The summed E-state index contributed by atoms with van der Waals surface area (Å²) in [7, 11) is -15.7. The monoisotopic (exact) mass is 1800 g/mol. The highest BCUT2D eigenvalue weighted by Crippen LogP contribution is 2.53. The Kier molecular flexibility index (Phi) is 28.8. The summed E-state index contributed by atoms with van der Waals surface area (Å²) in [6, 6.07) is 26.2. The molecule has 6 saturated carbocycles. The highest BCUT2D eigenvalue weighted by atomic mass is 32.2. The zero-order valence-corrected chi connectivity index (χ0v) is 78.6. The van der Waals surface area contributed by atoms with Gasteiger partial charge in [-0.3, -0.25) is 0 Å². The molecular weight excluding hydrogens is 1670 g/mol. The number of benzene rings is 4. The molecular formula is C96H132F8N8O8S4. The predicted octanol–water partition coefficient (Wildman–Crippen LogP) is 23.9. The molecule has 6 fully saturated rings. The Bertz CT molecular complexity index is 4890. The average Bonchev–Trinajstić information content (AvgIpc) is 1.45. The number of nitrogens with two attached hydrogens (primary N) is 4. The number of halogens is 8. The lowest BCUT2D eigenvalue weighted by molar-refractivity contribution is -0.138. The molecule has 14 rings (SSSR count). The SMILES string of the molecule is Cc1c(S(N)(=O)=O)cc(-c2cc(C(C)(C)C)cc(C(C)(F)F)c2)n1CC1CCCCC1.Cc1c(S(N)(=O)=O)cc(-c2cc(C(C)(C)C)cc(C(F)(F)F)c2)n1CC1CCCCC1.Cc1c(S(N)(=O)=O)cc(-c2cc(C(C)(C)C)cc(C3(C)CC3)c2)n1CC1CCCCC1.Cc1c(S(N)(=O)=O)cc(-c2cc(C(F)(F)F)cc(C3(C)CC3)c2)n1CC1CCCCC1. The van der Waals surface area contributed by atoms with Crippen LogP contribution in [0.15, 0.2) is 117 Å². The van der Waals surface area contributed by atoms with Crippen LogP contribution >= 0.6 is 0 Å². The molecule has 28 heteroatoms. The van der Waals surface area contributed by atoms with Crippen molar-refractivity contribution in [3.8, 4) is 45.0 Å². The normalized spacial score (nSPS) is 18.1. The standard InChI is InChI=1S/C26H38N2O2S.C24H34F2N2O2S.C23H29F3N2O2S.C23H31F3N2O2S/c1-18-24(31(27,29)30)16-23(28(18)17-19-9-7-6-8-10-19)20-13-21(25(2,3)4)15-22(14-20)26(5)11-12-26;1-16-22(31(27,29)30)14-21(28(16)15-17-9-7-6-8-10-17)18-11-19(23(2,3)4)13-20(12-18)24(5,25)26;1-15-21(31(27,29)30)13-20(28(15)14-16-6-4-3-5-7-16)17-10-18(22(2)8-9-22)12-19(11-17)23(24,25)26;1-15-21(31(27,29)30)13-20(28(15)14-16-8-6-5-7-9-16)17-10-18(22(2,3)4)12-19(11-17)23(24,25)26/h13-16,19H,6-12,17H2,1-5H3,(H2,27,29,30);11-14,17H,6-10,15H2,1-5H3,(H2,27,29,30);10-13,16H,3-9,14H2,1-2H3,(H2,27,29,30);10-13,16H,5-9,14H2,1-4H3,(H2,27,29,30). The Morgan fingerprint density at radius 1 is 0.298 bits per heavy atom. The van der Waals surface area contributed by atoms with Crippen molar-refractivity contribution in [2.45, 2.75) is 356 Å². The maximum atomic E-state index is 14.3. The third-order valence-corrected chi connectivity index (χ3v) is 31.3. The molecule has 4 aromatic heterocycles. The van der Waals surface area contributed by atoms with Crippen LogP contribution in [0.4, 0.5) is 35.1 Å². The number of hydrogen-bond acceptors (Lipinski definition) is 8. The van der Waals surface area contributed by atoms with E-state index in [1.54, 1.807) is 45.0 Å². The summed E-state index contributed by atoms with van der Waals surface area (Å²) in [5.74, 6) is -1.24. The first-order valence-electron chi connectivity index (χ1n) is 44.2. The van der Waals surface area contributed by atoms with Crippen LogP contribution in [0.1, 0.15) is 304 Å². The van der Waals surface area contributed by atoms with Gasteiger partial charge in [0, 0.05) is 84.2 Å². The molecule has 0 aliphatic heterocycles. The fourth-order valence-corrected chi connectivity index (χ4v) is 21.9. The van der Waals surface area contributed by atoms with E-state index in [-0.39, 0.29) is 46.8 Å².